The second-order valence-electron chi connectivity index (χ2n) is 7.88. The van der Waals surface area contributed by atoms with Crippen LogP contribution in [0.5, 0.6) is 0 Å². The zero-order chi connectivity index (χ0) is 17.2. The van der Waals surface area contributed by atoms with Crippen molar-refractivity contribution in [3.8, 4) is 0 Å². The van der Waals surface area contributed by atoms with E-state index in [1.807, 2.05) is 14.1 Å². The van der Waals surface area contributed by atoms with Crippen molar-refractivity contribution < 1.29 is 24.3 Å². The summed E-state index contributed by atoms with van der Waals surface area (Å²) in [6.07, 6.45) is 4.11. The first-order valence-corrected chi connectivity index (χ1v) is 8.60. The molecule has 1 N–H and O–H groups in total. The zero-order valence-electron chi connectivity index (χ0n) is 14.7. The number of ether oxygens (including phenoxy) is 1. The van der Waals surface area contributed by atoms with Gasteiger partial charge in [0.25, 0.3) is 0 Å². The van der Waals surface area contributed by atoms with Gasteiger partial charge in [-0.2, -0.15) is 0 Å². The predicted molar refractivity (Wildman–Crippen MR) is 84.5 cm³/mol. The van der Waals surface area contributed by atoms with E-state index in [2.05, 4.69) is 13.8 Å². The molecule has 0 unspecified atom stereocenters. The van der Waals surface area contributed by atoms with E-state index in [1.54, 1.807) is 0 Å². The number of hydrogen-bond donors (Lipinski definition) is 1. The van der Waals surface area contributed by atoms with E-state index in [4.69, 9.17) is 4.74 Å². The molecule has 2 rings (SSSR count). The average molecular weight is 323 g/mol. The van der Waals surface area contributed by atoms with Gasteiger partial charge in [0.15, 0.2) is 0 Å². The lowest BCUT2D eigenvalue weighted by Crippen LogP contribution is -3.06. The first-order valence-electron chi connectivity index (χ1n) is 8.60. The molecule has 0 saturated heterocycles. The molecule has 0 fully saturated rings. The lowest BCUT2D eigenvalue weighted by molar-refractivity contribution is -0.858. The summed E-state index contributed by atoms with van der Waals surface area (Å²) in [6.45, 7) is 5.39. The highest BCUT2D eigenvalue weighted by molar-refractivity contribution is 5.81. The van der Waals surface area contributed by atoms with Crippen LogP contribution in [0.25, 0.3) is 0 Å². The molecular weight excluding hydrogens is 294 g/mol. The minimum atomic E-state index is -1.13. The Morgan fingerprint density at radius 1 is 1.26 bits per heavy atom. The Morgan fingerprint density at radius 3 is 2.57 bits per heavy atom. The maximum absolute atomic E-state index is 12.4. The molecule has 2 aliphatic carbocycles. The third kappa shape index (κ3) is 4.14. The predicted octanol–water partition coefficient (Wildman–Crippen LogP) is -0.0431. The van der Waals surface area contributed by atoms with Crippen LogP contribution in [-0.4, -0.2) is 39.2 Å². The molecule has 5 nitrogen and oxygen atoms in total. The summed E-state index contributed by atoms with van der Waals surface area (Å²) in [5.41, 5.74) is 2.54. The average Bonchev–Trinajstić information content (AvgIpc) is 2.45. The van der Waals surface area contributed by atoms with Crippen LogP contribution >= 0.6 is 0 Å². The van der Waals surface area contributed by atoms with E-state index in [0.29, 0.717) is 19.4 Å². The number of nitrogens with one attached hydrogen (secondary N) is 1. The Labute approximate surface area is 138 Å². The summed E-state index contributed by atoms with van der Waals surface area (Å²) in [5, 5.41) is 11.6. The maximum atomic E-state index is 12.4. The Hall–Kier alpha value is -1.36. The molecule has 2 aliphatic rings. The van der Waals surface area contributed by atoms with E-state index in [1.165, 1.54) is 16.0 Å². The van der Waals surface area contributed by atoms with Crippen LogP contribution in [0.3, 0.4) is 0 Å². The molecule has 0 aliphatic heterocycles. The number of aliphatic carboxylic acids is 1. The molecule has 2 atom stereocenters. The van der Waals surface area contributed by atoms with Gasteiger partial charge in [-0.3, -0.25) is 4.79 Å². The minimum absolute atomic E-state index is 0.0322. The Kier molecular flexibility index (Phi) is 5.50. The van der Waals surface area contributed by atoms with Crippen LogP contribution in [-0.2, 0) is 14.3 Å². The maximum Gasteiger partial charge on any atom is 0.310 e. The summed E-state index contributed by atoms with van der Waals surface area (Å²) in [4.78, 5) is 25.2. The summed E-state index contributed by atoms with van der Waals surface area (Å²) >= 11 is 0. The molecular formula is C18H29NO4. The first kappa shape index (κ1) is 18.0. The molecule has 0 aromatic heterocycles. The van der Waals surface area contributed by atoms with Gasteiger partial charge in [-0.1, -0.05) is 25.0 Å². The van der Waals surface area contributed by atoms with Crippen molar-refractivity contribution in [3.05, 3.63) is 11.1 Å². The monoisotopic (exact) mass is 323 g/mol. The van der Waals surface area contributed by atoms with Crippen LogP contribution in [0.1, 0.15) is 46.0 Å². The fraction of sp³-hybridized carbons (Fsp3) is 0.778. The van der Waals surface area contributed by atoms with Gasteiger partial charge in [-0.15, -0.1) is 0 Å². The van der Waals surface area contributed by atoms with Gasteiger partial charge >= 0.3 is 5.97 Å². The summed E-state index contributed by atoms with van der Waals surface area (Å²) in [7, 11) is 3.97. The Bertz CT molecular complexity index is 507. The number of carboxylic acids is 1. The van der Waals surface area contributed by atoms with E-state index in [9.17, 15) is 14.7 Å². The van der Waals surface area contributed by atoms with Gasteiger partial charge in [-0.25, -0.2) is 0 Å². The topological polar surface area (TPSA) is 70.9 Å². The van der Waals surface area contributed by atoms with Crippen molar-refractivity contribution in [2.75, 3.05) is 27.2 Å². The van der Waals surface area contributed by atoms with Gasteiger partial charge in [0.1, 0.15) is 13.2 Å². The number of carboxylic acid groups (broad SMARTS) is 1. The highest BCUT2D eigenvalue weighted by Gasteiger charge is 2.41. The second-order valence-corrected chi connectivity index (χ2v) is 7.88. The summed E-state index contributed by atoms with van der Waals surface area (Å²) in [6, 6.07) is 0. The molecule has 23 heavy (non-hydrogen) atoms. The molecule has 5 heteroatoms. The van der Waals surface area contributed by atoms with Crippen molar-refractivity contribution >= 4 is 11.9 Å². The van der Waals surface area contributed by atoms with Gasteiger partial charge < -0.3 is 19.5 Å². The largest absolute Gasteiger partial charge is 0.550 e. The van der Waals surface area contributed by atoms with E-state index >= 15 is 0 Å². The smallest absolute Gasteiger partial charge is 0.310 e. The number of esters is 1. The van der Waals surface area contributed by atoms with E-state index in [0.717, 1.165) is 25.8 Å². The van der Waals surface area contributed by atoms with Crippen LogP contribution in [0, 0.1) is 17.3 Å². The number of carbonyl (C=O) groups excluding carboxylic acids is 2. The van der Waals surface area contributed by atoms with Crippen LogP contribution < -0.4 is 10.0 Å². The molecule has 0 amide bonds. The Balaban J connectivity index is 2.14. The first-order chi connectivity index (χ1) is 10.7. The second kappa shape index (κ2) is 7.04. The SMILES string of the molecule is C[NH+](C)CCOC(=O)[C@@H]1CC2=C(C[C@H]1C(=O)[O-])C(C)(C)CCC2. The van der Waals surface area contributed by atoms with Gasteiger partial charge in [0, 0.05) is 11.9 Å². The standard InChI is InChI=1S/C18H29NO4/c1-18(2)7-5-6-12-10-14(13(16(20)21)11-15(12)18)17(22)23-9-8-19(3)4/h13-14H,5-11H2,1-4H3,(H,20,21)/t13-,14-/m1/s1. The Morgan fingerprint density at radius 2 is 1.96 bits per heavy atom. The van der Waals surface area contributed by atoms with Crippen molar-refractivity contribution in [3.63, 3.8) is 0 Å². The third-order valence-corrected chi connectivity index (χ3v) is 5.35. The molecule has 130 valence electrons. The normalized spacial score (nSPS) is 26.8. The summed E-state index contributed by atoms with van der Waals surface area (Å²) in [5.74, 6) is -2.86. The van der Waals surface area contributed by atoms with Gasteiger partial charge in [-0.05, 0) is 37.5 Å². The highest BCUT2D eigenvalue weighted by Crippen LogP contribution is 2.49. The van der Waals surface area contributed by atoms with Crippen molar-refractivity contribution in [1.29, 1.82) is 0 Å². The number of hydrogen-bond acceptors (Lipinski definition) is 4. The van der Waals surface area contributed by atoms with E-state index < -0.39 is 17.8 Å². The minimum Gasteiger partial charge on any atom is -0.550 e. The third-order valence-electron chi connectivity index (χ3n) is 5.35. The number of likely N-dealkylation sites (N-methyl/N-ethyl adjacent to an activating group) is 1. The van der Waals surface area contributed by atoms with Crippen molar-refractivity contribution in [2.24, 2.45) is 17.3 Å². The summed E-state index contributed by atoms with van der Waals surface area (Å²) < 4.78 is 5.33. The van der Waals surface area contributed by atoms with Gasteiger partial charge in [0.05, 0.1) is 20.0 Å². The van der Waals surface area contributed by atoms with Crippen molar-refractivity contribution in [2.45, 2.75) is 46.0 Å². The molecule has 0 bridgehead atoms. The quantitative estimate of drug-likeness (QED) is 0.569. The fourth-order valence-electron chi connectivity index (χ4n) is 3.90. The lowest BCUT2D eigenvalue weighted by Gasteiger charge is -2.43. The number of rotatable bonds is 5. The molecule has 0 spiro atoms. The molecule has 0 radical (unpaired) electrons. The molecule has 0 aromatic rings. The van der Waals surface area contributed by atoms with Crippen molar-refractivity contribution in [1.82, 2.24) is 0 Å². The van der Waals surface area contributed by atoms with Crippen LogP contribution in [0.15, 0.2) is 11.1 Å². The number of allylic oxidation sites excluding steroid dienone is 2. The van der Waals surface area contributed by atoms with Gasteiger partial charge in [0.2, 0.25) is 0 Å². The fourth-order valence-corrected chi connectivity index (χ4v) is 3.90. The lowest BCUT2D eigenvalue weighted by atomic mass is 9.63. The number of carbonyl (C=O) groups is 2. The molecule has 0 heterocycles. The van der Waals surface area contributed by atoms with Crippen LogP contribution in [0.2, 0.25) is 0 Å². The van der Waals surface area contributed by atoms with Crippen LogP contribution in [0.4, 0.5) is 0 Å². The number of quaternary nitrogens is 1. The highest BCUT2D eigenvalue weighted by atomic mass is 16.5. The van der Waals surface area contributed by atoms with E-state index in [-0.39, 0.29) is 11.4 Å². The molecule has 0 aromatic carbocycles. The zero-order valence-corrected chi connectivity index (χ0v) is 14.7. The molecule has 0 saturated carbocycles.